The number of carboxylic acids is 1. The van der Waals surface area contributed by atoms with Gasteiger partial charge in [-0.15, -0.1) is 0 Å². The fraction of sp³-hybridized carbons (Fsp3) is 0.159. The van der Waals surface area contributed by atoms with Crippen LogP contribution in [0, 0.1) is 3.57 Å². The van der Waals surface area contributed by atoms with Crippen LogP contribution < -0.4 is 9.42 Å². The van der Waals surface area contributed by atoms with E-state index in [1.54, 1.807) is 24.3 Å². The molecule has 490 valence electrons. The number of hydrogen-bond donors (Lipinski definition) is 2. The molecular weight excluding hydrogens is 1460 g/mol. The Hall–Kier alpha value is -9.88. The first-order chi connectivity index (χ1) is 47.4. The zero-order valence-corrected chi connectivity index (χ0v) is 60.8. The molecule has 1 atom stereocenters. The molecule has 0 bridgehead atoms. The molecule has 0 aliphatic heterocycles. The number of aromatic hydroxyl groups is 1. The van der Waals surface area contributed by atoms with Crippen molar-refractivity contribution in [1.29, 1.82) is 0 Å². The van der Waals surface area contributed by atoms with Crippen molar-refractivity contribution in [2.45, 2.75) is 85.1 Å². The van der Waals surface area contributed by atoms with Gasteiger partial charge in [-0.05, 0) is 194 Å². The Morgan fingerprint density at radius 2 is 1.05 bits per heavy atom. The van der Waals surface area contributed by atoms with Gasteiger partial charge in [-0.2, -0.15) is 0 Å². The average Bonchev–Trinajstić information content (AvgIpc) is 1.62. The van der Waals surface area contributed by atoms with Crippen LogP contribution in [0.3, 0.4) is 0 Å². The highest BCUT2D eigenvalue weighted by Crippen LogP contribution is 2.44. The Morgan fingerprint density at radius 3 is 1.62 bits per heavy atom. The molecule has 1 unspecified atom stereocenters. The predicted octanol–water partition coefficient (Wildman–Crippen LogP) is 21.5. The van der Waals surface area contributed by atoms with Crippen LogP contribution in [0.5, 0.6) is 17.2 Å². The minimum atomic E-state index is -0.990. The molecule has 0 radical (unpaired) electrons. The number of hydrogen-bond acceptors (Lipinski definition) is 8. The molecule has 0 fully saturated rings. The van der Waals surface area contributed by atoms with Crippen molar-refractivity contribution >= 4 is 82.2 Å². The number of carboxylic acid groups (broad SMARTS) is 1. The highest BCUT2D eigenvalue weighted by Gasteiger charge is 2.36. The Bertz CT molecular complexity index is 5090. The van der Waals surface area contributed by atoms with Crippen molar-refractivity contribution in [3.05, 3.63) is 307 Å². The van der Waals surface area contributed by atoms with Gasteiger partial charge in [-0.3, -0.25) is 13.7 Å². The maximum absolute atomic E-state index is 10.1. The van der Waals surface area contributed by atoms with Gasteiger partial charge >= 0.3 is 5.97 Å². The van der Waals surface area contributed by atoms with Crippen LogP contribution in [0.1, 0.15) is 129 Å². The minimum Gasteiger partial charge on any atom is -0.508 e. The molecule has 98 heavy (non-hydrogen) atoms. The lowest BCUT2D eigenvalue weighted by Gasteiger charge is -2.22. The maximum atomic E-state index is 10.1. The van der Waals surface area contributed by atoms with Crippen molar-refractivity contribution < 1.29 is 24.4 Å². The first kappa shape index (κ1) is 68.1. The third-order valence-electron chi connectivity index (χ3n) is 17.1. The molecule has 2 N–H and O–H groups in total. The fourth-order valence-corrected chi connectivity index (χ4v) is 14.1. The first-order valence-electron chi connectivity index (χ1n) is 32.5. The molecule has 13 nitrogen and oxygen atoms in total. The number of pyridine rings is 2. The number of phenolic OH excluding ortho intramolecular Hbond substituents is 1. The van der Waals surface area contributed by atoms with Crippen molar-refractivity contribution in [1.82, 2.24) is 38.7 Å². The molecular formula is C82H73Br2IN9O4+. The van der Waals surface area contributed by atoms with Gasteiger partial charge in [0.2, 0.25) is 6.04 Å². The number of phenols is 1. The summed E-state index contributed by atoms with van der Waals surface area (Å²) >= 11 is 9.78. The summed E-state index contributed by atoms with van der Waals surface area (Å²) < 4.78 is 18.6. The molecule has 8 aromatic carbocycles. The smallest absolute Gasteiger partial charge is 0.354 e. The van der Waals surface area contributed by atoms with Gasteiger partial charge in [0.1, 0.15) is 40.4 Å². The topological polar surface area (TPSA) is 150 Å². The second-order valence-corrected chi connectivity index (χ2v) is 28.1. The van der Waals surface area contributed by atoms with E-state index in [9.17, 15) is 9.90 Å². The van der Waals surface area contributed by atoms with E-state index >= 15 is 0 Å². The van der Waals surface area contributed by atoms with Gasteiger partial charge in [-0.1, -0.05) is 177 Å². The quantitative estimate of drug-likeness (QED) is 0.0849. The van der Waals surface area contributed by atoms with E-state index in [1.807, 2.05) is 103 Å². The summed E-state index contributed by atoms with van der Waals surface area (Å²) in [4.78, 5) is 27.8. The van der Waals surface area contributed by atoms with E-state index < -0.39 is 5.97 Å². The van der Waals surface area contributed by atoms with Crippen LogP contribution in [-0.2, 0) is 0 Å². The molecule has 0 amide bonds. The summed E-state index contributed by atoms with van der Waals surface area (Å²) in [5.74, 6) is 4.81. The Morgan fingerprint density at radius 1 is 0.500 bits per heavy atom. The van der Waals surface area contributed by atoms with Gasteiger partial charge < -0.3 is 14.9 Å². The average molecular weight is 1540 g/mol. The fourth-order valence-electron chi connectivity index (χ4n) is 12.6. The van der Waals surface area contributed by atoms with E-state index in [4.69, 9.17) is 14.8 Å². The van der Waals surface area contributed by atoms with Crippen LogP contribution >= 0.6 is 54.5 Å². The second kappa shape index (κ2) is 30.3. The summed E-state index contributed by atoms with van der Waals surface area (Å²) in [6.45, 7) is 17.8. The Labute approximate surface area is 601 Å². The number of rotatable bonds is 13. The molecule has 1 aliphatic rings. The Balaban J connectivity index is 0.000000142. The molecule has 16 heteroatoms. The number of aromatic carboxylic acids is 1. The van der Waals surface area contributed by atoms with Crippen molar-refractivity contribution in [2.24, 2.45) is 0 Å². The normalized spacial score (nSPS) is 12.2. The largest absolute Gasteiger partial charge is 0.508 e. The maximum Gasteiger partial charge on any atom is 0.354 e. The minimum absolute atomic E-state index is 0.0810. The lowest BCUT2D eigenvalue weighted by molar-refractivity contribution is -0.760. The van der Waals surface area contributed by atoms with Crippen LogP contribution in [-0.4, -0.2) is 54.9 Å². The van der Waals surface area contributed by atoms with Crippen LogP contribution in [0.4, 0.5) is 0 Å². The number of nitrogens with zero attached hydrogens (tertiary/aromatic N) is 9. The molecule has 0 saturated carbocycles. The number of fused-ring (bicyclic) bond motifs is 6. The highest BCUT2D eigenvalue weighted by atomic mass is 127. The van der Waals surface area contributed by atoms with E-state index in [2.05, 4.69) is 265 Å². The molecule has 15 rings (SSSR count). The van der Waals surface area contributed by atoms with E-state index in [0.29, 0.717) is 23.7 Å². The Kier molecular flexibility index (Phi) is 21.0. The third kappa shape index (κ3) is 14.7. The number of benzene rings is 8. The van der Waals surface area contributed by atoms with Crippen LogP contribution in [0.25, 0.3) is 72.9 Å². The van der Waals surface area contributed by atoms with Gasteiger partial charge in [0.05, 0.1) is 28.6 Å². The number of carbonyl (C=O) groups is 1. The molecule has 6 aromatic heterocycles. The zero-order chi connectivity index (χ0) is 68.7. The van der Waals surface area contributed by atoms with Crippen LogP contribution in [0.15, 0.2) is 265 Å². The van der Waals surface area contributed by atoms with Gasteiger partial charge in [0, 0.05) is 94.9 Å². The van der Waals surface area contributed by atoms with Crippen molar-refractivity contribution in [3.8, 4) is 68.3 Å². The van der Waals surface area contributed by atoms with E-state index in [1.165, 1.54) is 77.1 Å². The third-order valence-corrected chi connectivity index (χ3v) is 18.7. The predicted molar refractivity (Wildman–Crippen MR) is 408 cm³/mol. The zero-order valence-electron chi connectivity index (χ0n) is 55.5. The lowest BCUT2D eigenvalue weighted by Crippen LogP contribution is -2.42. The second-order valence-electron chi connectivity index (χ2n) is 25.0. The highest BCUT2D eigenvalue weighted by molar-refractivity contribution is 14.1. The van der Waals surface area contributed by atoms with Crippen LogP contribution in [0.2, 0.25) is 0 Å². The number of aromatic nitrogens is 9. The SMILES string of the molecule is CC(C)c1cc(Br)cc(C(C)C)c1-n1ccnc1-c1cccc(O)c1.CC(C)c1cc(Br)cc(C(C)C)c1-n1ccnc1-c1cccc(Oc2ccc3c4ccccc4n(-c4ccccn4)c3c2)c1.Ic1ccc2c(c1)C([n+]1ccccn1)c1ccccc1-2.O=C(O)c1ccccn1. The summed E-state index contributed by atoms with van der Waals surface area (Å²) in [7, 11) is 0. The molecule has 14 aromatic rings. The monoisotopic (exact) mass is 1530 g/mol. The first-order valence-corrected chi connectivity index (χ1v) is 35.2. The molecule has 1 aliphatic carbocycles. The summed E-state index contributed by atoms with van der Waals surface area (Å²) in [6, 6.07) is 69.2. The van der Waals surface area contributed by atoms with Gasteiger partial charge in [0.25, 0.3) is 0 Å². The van der Waals surface area contributed by atoms with Gasteiger partial charge in [-0.25, -0.2) is 24.7 Å². The van der Waals surface area contributed by atoms with Gasteiger partial charge in [0.15, 0.2) is 6.20 Å². The number of halogens is 3. The number of imidazole rings is 2. The van der Waals surface area contributed by atoms with Crippen molar-refractivity contribution in [2.75, 3.05) is 0 Å². The molecule has 0 saturated heterocycles. The summed E-state index contributed by atoms with van der Waals surface area (Å²) in [6.07, 6.45) is 14.9. The number of para-hydroxylation sites is 1. The standard InChI is InChI=1S/C38H33BrN4O.C21H23BrN2O.C17H12IN2.C6H5NO2/c1-24(2)32-21-27(39)22-33(25(3)4)37(32)42-19-18-41-38(42)26-10-9-11-28(20-26)44-29-15-16-31-30-12-5-6-13-34(30)43(35(31)23-29)36-14-7-8-17-40-36;1-13(2)18-11-16(22)12-19(14(3)4)20(18)24-9-8-23-21(24)15-6-5-7-17(25)10-15;18-12-7-8-14-13-5-1-2-6-15(13)17(16(14)11-12)20-10-4-3-9-19-20;8-6(9)5-3-1-2-4-7-5/h5-25H,1-4H3;5-14,25H,1-4H3;1-11,17H;1-4H,(H,8,9)/q;;+1;. The molecule has 0 spiro atoms. The summed E-state index contributed by atoms with van der Waals surface area (Å²) in [5.41, 5.74) is 16.9. The number of ether oxygens (including phenoxy) is 1. The lowest BCUT2D eigenvalue weighted by atomic mass is 9.92. The van der Waals surface area contributed by atoms with E-state index in [-0.39, 0.29) is 17.5 Å². The summed E-state index contributed by atoms with van der Waals surface area (Å²) in [5, 5.41) is 25.0. The molecule has 6 heterocycles. The van der Waals surface area contributed by atoms with Crippen molar-refractivity contribution in [3.63, 3.8) is 0 Å². The van der Waals surface area contributed by atoms with E-state index in [0.717, 1.165) is 65.5 Å².